The quantitative estimate of drug-likeness (QED) is 0.604. The van der Waals surface area contributed by atoms with Gasteiger partial charge in [-0.2, -0.15) is 10.1 Å². The molecule has 1 aromatic carbocycles. The smallest absolute Gasteiger partial charge is 0.261 e. The highest BCUT2D eigenvalue weighted by atomic mass is 127. The SMILES string of the molecule is O=C(Nc1ncn[nH]1)c1cc(I)cc(I)c1O. The van der Waals surface area contributed by atoms with E-state index in [4.69, 9.17) is 0 Å². The van der Waals surface area contributed by atoms with Crippen LogP contribution in [0.3, 0.4) is 0 Å². The maximum atomic E-state index is 11.9. The third-order valence-electron chi connectivity index (χ3n) is 1.92. The second-order valence-corrected chi connectivity index (χ2v) is 5.48. The molecule has 2 rings (SSSR count). The molecular weight excluding hydrogens is 450 g/mol. The molecule has 0 aliphatic rings. The van der Waals surface area contributed by atoms with E-state index in [0.717, 1.165) is 3.57 Å². The summed E-state index contributed by atoms with van der Waals surface area (Å²) in [6.45, 7) is 0. The number of aromatic nitrogens is 3. The monoisotopic (exact) mass is 456 g/mol. The highest BCUT2D eigenvalue weighted by Gasteiger charge is 2.15. The highest BCUT2D eigenvalue weighted by molar-refractivity contribution is 14.1. The molecule has 0 atom stereocenters. The number of carbonyl (C=O) groups is 1. The molecule has 1 amide bonds. The zero-order chi connectivity index (χ0) is 12.4. The summed E-state index contributed by atoms with van der Waals surface area (Å²) in [6.07, 6.45) is 1.29. The first-order chi connectivity index (χ1) is 8.08. The second kappa shape index (κ2) is 5.16. The lowest BCUT2D eigenvalue weighted by molar-refractivity contribution is 0.102. The van der Waals surface area contributed by atoms with Gasteiger partial charge in [0.25, 0.3) is 5.91 Å². The molecule has 1 heterocycles. The number of phenolic OH excluding ortho intramolecular Hbond substituents is 1. The predicted octanol–water partition coefficient (Wildman–Crippen LogP) is 1.97. The number of anilines is 1. The normalized spacial score (nSPS) is 10.2. The molecule has 0 saturated heterocycles. The number of phenols is 1. The maximum absolute atomic E-state index is 11.9. The number of H-pyrrole nitrogens is 1. The van der Waals surface area contributed by atoms with Gasteiger partial charge in [-0.25, -0.2) is 5.10 Å². The summed E-state index contributed by atoms with van der Waals surface area (Å²) < 4.78 is 1.49. The predicted molar refractivity (Wildman–Crippen MR) is 77.9 cm³/mol. The van der Waals surface area contributed by atoms with Crippen molar-refractivity contribution in [3.63, 3.8) is 0 Å². The Kier molecular flexibility index (Phi) is 3.81. The molecule has 17 heavy (non-hydrogen) atoms. The van der Waals surface area contributed by atoms with Gasteiger partial charge in [-0.05, 0) is 57.3 Å². The van der Waals surface area contributed by atoms with Gasteiger partial charge in [-0.15, -0.1) is 0 Å². The topological polar surface area (TPSA) is 90.9 Å². The maximum Gasteiger partial charge on any atom is 0.261 e. The van der Waals surface area contributed by atoms with Crippen LogP contribution in [-0.2, 0) is 0 Å². The van der Waals surface area contributed by atoms with Gasteiger partial charge in [-0.1, -0.05) is 0 Å². The van der Waals surface area contributed by atoms with E-state index in [-0.39, 0.29) is 17.3 Å². The Morgan fingerprint density at radius 2 is 2.18 bits per heavy atom. The first-order valence-electron chi connectivity index (χ1n) is 4.42. The van der Waals surface area contributed by atoms with Gasteiger partial charge in [0, 0.05) is 3.57 Å². The van der Waals surface area contributed by atoms with Gasteiger partial charge in [0.15, 0.2) is 0 Å². The number of halogens is 2. The lowest BCUT2D eigenvalue weighted by Crippen LogP contribution is -2.13. The molecule has 0 unspecified atom stereocenters. The Labute approximate surface area is 123 Å². The number of benzene rings is 1. The third kappa shape index (κ3) is 2.86. The van der Waals surface area contributed by atoms with E-state index in [9.17, 15) is 9.90 Å². The van der Waals surface area contributed by atoms with Crippen LogP contribution >= 0.6 is 45.2 Å². The lowest BCUT2D eigenvalue weighted by atomic mass is 10.2. The highest BCUT2D eigenvalue weighted by Crippen LogP contribution is 2.27. The van der Waals surface area contributed by atoms with Gasteiger partial charge in [0.05, 0.1) is 9.13 Å². The van der Waals surface area contributed by atoms with Crippen molar-refractivity contribution in [3.8, 4) is 5.75 Å². The minimum absolute atomic E-state index is 0.0389. The first-order valence-corrected chi connectivity index (χ1v) is 6.58. The van der Waals surface area contributed by atoms with Crippen LogP contribution in [0.2, 0.25) is 0 Å². The van der Waals surface area contributed by atoms with Gasteiger partial charge in [0.1, 0.15) is 12.1 Å². The fraction of sp³-hybridized carbons (Fsp3) is 0. The standard InChI is InChI=1S/C9H6I2N4O2/c10-4-1-5(7(16)6(11)2-4)8(17)14-9-12-3-13-15-9/h1-3,16H,(H2,12,13,14,15,17). The van der Waals surface area contributed by atoms with E-state index < -0.39 is 5.91 Å². The molecule has 2 aromatic rings. The van der Waals surface area contributed by atoms with E-state index in [0.29, 0.717) is 3.57 Å². The molecule has 0 aliphatic carbocycles. The van der Waals surface area contributed by atoms with Crippen LogP contribution in [0.4, 0.5) is 5.95 Å². The molecule has 1 aromatic heterocycles. The minimum atomic E-state index is -0.435. The Bertz CT molecular complexity index is 556. The Morgan fingerprint density at radius 3 is 2.82 bits per heavy atom. The molecule has 0 saturated carbocycles. The lowest BCUT2D eigenvalue weighted by Gasteiger charge is -2.06. The van der Waals surface area contributed by atoms with Crippen LogP contribution < -0.4 is 5.32 Å². The first kappa shape index (κ1) is 12.5. The number of rotatable bonds is 2. The molecule has 6 nitrogen and oxygen atoms in total. The van der Waals surface area contributed by atoms with Crippen molar-refractivity contribution in [2.75, 3.05) is 5.32 Å². The van der Waals surface area contributed by atoms with E-state index in [1.807, 2.05) is 22.6 Å². The van der Waals surface area contributed by atoms with Gasteiger partial charge >= 0.3 is 0 Å². The third-order valence-corrected chi connectivity index (χ3v) is 3.36. The van der Waals surface area contributed by atoms with Crippen molar-refractivity contribution in [1.82, 2.24) is 15.2 Å². The molecule has 0 radical (unpaired) electrons. The fourth-order valence-corrected chi connectivity index (χ4v) is 3.02. The zero-order valence-corrected chi connectivity index (χ0v) is 12.6. The molecule has 88 valence electrons. The Morgan fingerprint density at radius 1 is 1.41 bits per heavy atom. The van der Waals surface area contributed by atoms with Crippen molar-refractivity contribution >= 4 is 57.0 Å². The average Bonchev–Trinajstić information content (AvgIpc) is 2.76. The number of hydrogen-bond donors (Lipinski definition) is 3. The van der Waals surface area contributed by atoms with Crippen LogP contribution in [0.5, 0.6) is 5.75 Å². The molecule has 0 fully saturated rings. The number of aromatic hydroxyl groups is 1. The number of amides is 1. The number of carbonyl (C=O) groups excluding carboxylic acids is 1. The Balaban J connectivity index is 2.31. The summed E-state index contributed by atoms with van der Waals surface area (Å²) in [5.74, 6) is -0.234. The van der Waals surface area contributed by atoms with E-state index in [1.165, 1.54) is 6.33 Å². The number of aromatic amines is 1. The van der Waals surface area contributed by atoms with Crippen molar-refractivity contribution < 1.29 is 9.90 Å². The summed E-state index contributed by atoms with van der Waals surface area (Å²) in [5, 5.41) is 18.4. The van der Waals surface area contributed by atoms with Crippen molar-refractivity contribution in [3.05, 3.63) is 31.2 Å². The van der Waals surface area contributed by atoms with Crippen molar-refractivity contribution in [2.45, 2.75) is 0 Å². The fourth-order valence-electron chi connectivity index (χ4n) is 1.18. The minimum Gasteiger partial charge on any atom is -0.506 e. The van der Waals surface area contributed by atoms with Crippen LogP contribution in [0.25, 0.3) is 0 Å². The van der Waals surface area contributed by atoms with Gasteiger partial charge < -0.3 is 5.11 Å². The van der Waals surface area contributed by atoms with Crippen molar-refractivity contribution in [2.24, 2.45) is 0 Å². The number of nitrogens with zero attached hydrogens (tertiary/aromatic N) is 2. The second-order valence-electron chi connectivity index (χ2n) is 3.07. The van der Waals surface area contributed by atoms with Gasteiger partial charge in [0.2, 0.25) is 5.95 Å². The summed E-state index contributed by atoms with van der Waals surface area (Å²) in [7, 11) is 0. The number of hydrogen-bond acceptors (Lipinski definition) is 4. The molecule has 8 heteroatoms. The largest absolute Gasteiger partial charge is 0.506 e. The Hall–Kier alpha value is -0.910. The van der Waals surface area contributed by atoms with Crippen molar-refractivity contribution in [1.29, 1.82) is 0 Å². The summed E-state index contributed by atoms with van der Waals surface area (Å²) in [5.41, 5.74) is 0.206. The number of nitrogens with one attached hydrogen (secondary N) is 2. The van der Waals surface area contributed by atoms with Crippen LogP contribution in [-0.4, -0.2) is 26.2 Å². The molecule has 0 aliphatic heterocycles. The van der Waals surface area contributed by atoms with E-state index in [2.05, 4.69) is 43.1 Å². The van der Waals surface area contributed by atoms with Crippen LogP contribution in [0.15, 0.2) is 18.5 Å². The zero-order valence-electron chi connectivity index (χ0n) is 8.24. The summed E-state index contributed by atoms with van der Waals surface area (Å²) >= 11 is 4.05. The van der Waals surface area contributed by atoms with E-state index in [1.54, 1.807) is 12.1 Å². The molecule has 0 spiro atoms. The van der Waals surface area contributed by atoms with E-state index >= 15 is 0 Å². The summed E-state index contributed by atoms with van der Waals surface area (Å²) in [4.78, 5) is 15.6. The van der Waals surface area contributed by atoms with Gasteiger partial charge in [-0.3, -0.25) is 10.1 Å². The molecule has 0 bridgehead atoms. The summed E-state index contributed by atoms with van der Waals surface area (Å²) in [6, 6.07) is 3.38. The molecular formula is C9H6I2N4O2. The average molecular weight is 456 g/mol. The van der Waals surface area contributed by atoms with Crippen LogP contribution in [0.1, 0.15) is 10.4 Å². The van der Waals surface area contributed by atoms with Crippen LogP contribution in [0, 0.1) is 7.14 Å². The molecule has 3 N–H and O–H groups in total.